The fraction of sp³-hybridized carbons (Fsp3) is 0.440. The molecule has 2 aromatic rings. The minimum atomic E-state index is -0.680. The van der Waals surface area contributed by atoms with Crippen LogP contribution in [0, 0.1) is 5.82 Å². The van der Waals surface area contributed by atoms with Crippen LogP contribution in [0.15, 0.2) is 35.3 Å². The van der Waals surface area contributed by atoms with Gasteiger partial charge in [0.25, 0.3) is 5.91 Å². The first-order valence-corrected chi connectivity index (χ1v) is 12.4. The highest BCUT2D eigenvalue weighted by molar-refractivity contribution is 5.95. The maximum absolute atomic E-state index is 13.7. The maximum Gasteiger partial charge on any atom is 0.416 e. The van der Waals surface area contributed by atoms with Crippen molar-refractivity contribution >= 4 is 41.2 Å². The second kappa shape index (κ2) is 9.60. The van der Waals surface area contributed by atoms with E-state index in [9.17, 15) is 19.1 Å². The Kier molecular flexibility index (Phi) is 6.13. The number of pyridine rings is 1. The van der Waals surface area contributed by atoms with E-state index >= 15 is 0 Å². The molecule has 3 aliphatic heterocycles. The van der Waals surface area contributed by atoms with Gasteiger partial charge in [0.05, 0.1) is 30.1 Å². The first kappa shape index (κ1) is 23.6. The minimum absolute atomic E-state index is 0.0638. The first-order valence-electron chi connectivity index (χ1n) is 12.4. The van der Waals surface area contributed by atoms with E-state index < -0.39 is 12.2 Å². The molecule has 0 bridgehead atoms. The minimum Gasteiger partial charge on any atom is -0.480 e. The van der Waals surface area contributed by atoms with Crippen molar-refractivity contribution in [3.8, 4) is 5.75 Å². The lowest BCUT2D eigenvalue weighted by atomic mass is 9.88. The number of fused-ring (bicyclic) bond motifs is 3. The molecule has 2 fully saturated rings. The second-order valence-corrected chi connectivity index (χ2v) is 9.63. The van der Waals surface area contributed by atoms with Gasteiger partial charge >= 0.3 is 6.09 Å². The molecule has 0 spiro atoms. The number of aliphatic hydroxyl groups is 1. The smallest absolute Gasteiger partial charge is 0.416 e. The number of benzene rings is 1. The molecule has 0 unspecified atom stereocenters. The topological polar surface area (TPSA) is 129 Å². The Morgan fingerprint density at radius 3 is 3.03 bits per heavy atom. The molecular formula is C25H27FN6O5. The molecule has 1 aromatic heterocycles. The molecule has 37 heavy (non-hydrogen) atoms. The quantitative estimate of drug-likeness (QED) is 0.538. The summed E-state index contributed by atoms with van der Waals surface area (Å²) in [5.74, 6) is 0.529. The Morgan fingerprint density at radius 1 is 1.24 bits per heavy atom. The van der Waals surface area contributed by atoms with Gasteiger partial charge in [-0.05, 0) is 43.2 Å². The average molecular weight is 511 g/mol. The number of hydrogen-bond acceptors (Lipinski definition) is 9. The van der Waals surface area contributed by atoms with Gasteiger partial charge in [-0.2, -0.15) is 0 Å². The van der Waals surface area contributed by atoms with E-state index in [0.717, 1.165) is 6.42 Å². The third kappa shape index (κ3) is 4.69. The van der Waals surface area contributed by atoms with Crippen LogP contribution in [0.5, 0.6) is 5.75 Å². The van der Waals surface area contributed by atoms with Crippen LogP contribution in [0.3, 0.4) is 0 Å². The van der Waals surface area contributed by atoms with Crippen molar-refractivity contribution in [3.05, 3.63) is 36.1 Å². The Morgan fingerprint density at radius 2 is 2.14 bits per heavy atom. The van der Waals surface area contributed by atoms with E-state index in [0.29, 0.717) is 61.2 Å². The second-order valence-electron chi connectivity index (χ2n) is 9.63. The summed E-state index contributed by atoms with van der Waals surface area (Å²) in [6.07, 6.45) is 2.38. The standard InChI is InChI=1S/C25H27FN6O5/c26-14-1-3-17-19(9-14)31(8-7-27-17)12-16(33)11-28-15-2-4-18-21(10-15)37-25(35)32(18)22-6-5-20-24(29-22)30-23(34)13-36-20/h1,3,5-7,9,15-16,18,21,28,33H,2,4,8,10-13H2,(H,29,30,34)/t15-,16+,18-,21-/m0/s1. The Bertz CT molecular complexity index is 1260. The van der Waals surface area contributed by atoms with Crippen LogP contribution in [0.1, 0.15) is 19.3 Å². The van der Waals surface area contributed by atoms with Gasteiger partial charge in [0.1, 0.15) is 17.7 Å². The Hall–Kier alpha value is -3.77. The third-order valence-corrected chi connectivity index (χ3v) is 7.13. The van der Waals surface area contributed by atoms with Gasteiger partial charge in [0.2, 0.25) is 0 Å². The van der Waals surface area contributed by atoms with Crippen molar-refractivity contribution in [1.82, 2.24) is 10.3 Å². The number of hydrogen-bond donors (Lipinski definition) is 3. The molecule has 1 aromatic carbocycles. The molecule has 1 saturated carbocycles. The summed E-state index contributed by atoms with van der Waals surface area (Å²) in [4.78, 5) is 36.6. The Labute approximate surface area is 212 Å². The fourth-order valence-corrected chi connectivity index (χ4v) is 5.38. The average Bonchev–Trinajstić information content (AvgIpc) is 3.22. The number of aliphatic imine (C=N–C) groups is 1. The molecule has 3 N–H and O–H groups in total. The summed E-state index contributed by atoms with van der Waals surface area (Å²) in [5, 5.41) is 16.7. The van der Waals surface area contributed by atoms with Gasteiger partial charge in [-0.1, -0.05) is 0 Å². The summed E-state index contributed by atoms with van der Waals surface area (Å²) in [7, 11) is 0. The largest absolute Gasteiger partial charge is 0.480 e. The highest BCUT2D eigenvalue weighted by Crippen LogP contribution is 2.37. The molecule has 0 radical (unpaired) electrons. The lowest BCUT2D eigenvalue weighted by molar-refractivity contribution is -0.118. The van der Waals surface area contributed by atoms with Crippen molar-refractivity contribution < 1.29 is 28.6 Å². The van der Waals surface area contributed by atoms with Gasteiger partial charge in [-0.15, -0.1) is 0 Å². The number of ether oxygens (including phenoxy) is 2. The molecule has 2 amide bonds. The molecule has 194 valence electrons. The Balaban J connectivity index is 1.04. The summed E-state index contributed by atoms with van der Waals surface area (Å²) >= 11 is 0. The van der Waals surface area contributed by atoms with Crippen LogP contribution in [0.4, 0.5) is 32.2 Å². The highest BCUT2D eigenvalue weighted by Gasteiger charge is 2.46. The van der Waals surface area contributed by atoms with E-state index in [2.05, 4.69) is 20.6 Å². The number of nitrogens with zero attached hydrogens (tertiary/aromatic N) is 4. The third-order valence-electron chi connectivity index (χ3n) is 7.13. The molecule has 4 heterocycles. The predicted octanol–water partition coefficient (Wildman–Crippen LogP) is 1.97. The zero-order chi connectivity index (χ0) is 25.5. The van der Waals surface area contributed by atoms with Gasteiger partial charge < -0.3 is 30.1 Å². The van der Waals surface area contributed by atoms with Crippen LogP contribution in [-0.4, -0.2) is 78.8 Å². The van der Waals surface area contributed by atoms with E-state index in [1.807, 2.05) is 4.90 Å². The van der Waals surface area contributed by atoms with Crippen LogP contribution in [0.25, 0.3) is 0 Å². The summed E-state index contributed by atoms with van der Waals surface area (Å²) in [6, 6.07) is 7.72. The molecule has 4 atom stereocenters. The summed E-state index contributed by atoms with van der Waals surface area (Å²) in [6.45, 7) is 1.12. The van der Waals surface area contributed by atoms with Gasteiger partial charge in [-0.3, -0.25) is 14.7 Å². The van der Waals surface area contributed by atoms with E-state index in [4.69, 9.17) is 9.47 Å². The van der Waals surface area contributed by atoms with E-state index in [1.54, 1.807) is 29.3 Å². The van der Waals surface area contributed by atoms with Crippen LogP contribution >= 0.6 is 0 Å². The highest BCUT2D eigenvalue weighted by atomic mass is 19.1. The normalized spacial score (nSPS) is 25.0. The number of carbonyl (C=O) groups is 2. The first-order chi connectivity index (χ1) is 17.9. The monoisotopic (exact) mass is 510 g/mol. The zero-order valence-corrected chi connectivity index (χ0v) is 20.0. The number of aromatic nitrogens is 1. The summed E-state index contributed by atoms with van der Waals surface area (Å²) in [5.41, 5.74) is 1.35. The number of halogens is 1. The maximum atomic E-state index is 13.7. The van der Waals surface area contributed by atoms with Gasteiger partial charge in [0, 0.05) is 31.8 Å². The number of carbonyl (C=O) groups excluding carboxylic acids is 2. The number of rotatable bonds is 6. The van der Waals surface area contributed by atoms with E-state index in [-0.39, 0.29) is 36.5 Å². The van der Waals surface area contributed by atoms with E-state index in [1.165, 1.54) is 12.1 Å². The zero-order valence-electron chi connectivity index (χ0n) is 20.0. The molecule has 6 rings (SSSR count). The van der Waals surface area contributed by atoms with Crippen molar-refractivity contribution in [1.29, 1.82) is 0 Å². The molecular weight excluding hydrogens is 483 g/mol. The number of amides is 2. The van der Waals surface area contributed by atoms with Crippen LogP contribution < -0.4 is 25.2 Å². The molecule has 1 saturated heterocycles. The number of nitrogens with one attached hydrogen (secondary N) is 2. The van der Waals surface area contributed by atoms with Gasteiger partial charge in [-0.25, -0.2) is 14.2 Å². The molecule has 4 aliphatic rings. The SMILES string of the molecule is O=C1COc2ccc(N3C(=O)O[C@H]4C[C@@H](NC[C@@H](O)CN5CC=Nc6ccc(F)cc65)CC[C@@H]43)nc2N1. The van der Waals surface area contributed by atoms with Crippen molar-refractivity contribution in [2.24, 2.45) is 4.99 Å². The predicted molar refractivity (Wildman–Crippen MR) is 133 cm³/mol. The summed E-state index contributed by atoms with van der Waals surface area (Å²) < 4.78 is 24.8. The van der Waals surface area contributed by atoms with Crippen molar-refractivity contribution in [2.75, 3.05) is 41.4 Å². The lowest BCUT2D eigenvalue weighted by Gasteiger charge is -2.34. The fourth-order valence-electron chi connectivity index (χ4n) is 5.38. The van der Waals surface area contributed by atoms with Gasteiger partial charge in [0.15, 0.2) is 18.2 Å². The number of anilines is 3. The number of aliphatic hydroxyl groups excluding tert-OH is 1. The van der Waals surface area contributed by atoms with Crippen molar-refractivity contribution in [2.45, 2.75) is 43.6 Å². The number of β-amino-alcohol motifs (C(OH)–C–C–N with tert-alkyl or cyclic N) is 1. The van der Waals surface area contributed by atoms with Crippen LogP contribution in [0.2, 0.25) is 0 Å². The molecule has 1 aliphatic carbocycles. The molecule has 11 nitrogen and oxygen atoms in total. The lowest BCUT2D eigenvalue weighted by Crippen LogP contribution is -2.48. The van der Waals surface area contributed by atoms with Crippen LogP contribution in [-0.2, 0) is 9.53 Å². The molecule has 12 heteroatoms. The van der Waals surface area contributed by atoms with Crippen molar-refractivity contribution in [3.63, 3.8) is 0 Å².